The van der Waals surface area contributed by atoms with Crippen LogP contribution in [0.4, 0.5) is 13.2 Å². The summed E-state index contributed by atoms with van der Waals surface area (Å²) in [7, 11) is 1.42. The molecule has 0 atom stereocenters. The van der Waals surface area contributed by atoms with Crippen molar-refractivity contribution in [3.63, 3.8) is 0 Å². The molecule has 2 aromatic carbocycles. The van der Waals surface area contributed by atoms with Gasteiger partial charge in [-0.25, -0.2) is 19.8 Å². The van der Waals surface area contributed by atoms with Crippen molar-refractivity contribution in [3.8, 4) is 15.6 Å². The molecule has 0 aliphatic heterocycles. The lowest BCUT2D eigenvalue weighted by Gasteiger charge is -2.05. The Morgan fingerprint density at radius 2 is 1.66 bits per heavy atom. The van der Waals surface area contributed by atoms with E-state index in [-0.39, 0.29) is 12.1 Å². The highest BCUT2D eigenvalue weighted by molar-refractivity contribution is 8.19. The molecule has 0 saturated carbocycles. The van der Waals surface area contributed by atoms with E-state index in [2.05, 4.69) is 10.1 Å². The Kier molecular flexibility index (Phi) is 5.84. The van der Waals surface area contributed by atoms with Crippen LogP contribution in [0.1, 0.15) is 16.8 Å². The molecule has 4 rings (SSSR count). The maximum absolute atomic E-state index is 13.7. The number of halogens is 3. The average molecular weight is 444 g/mol. The summed E-state index contributed by atoms with van der Waals surface area (Å²) in [4.78, 5) is 4.61. The van der Waals surface area contributed by atoms with Crippen molar-refractivity contribution >= 4 is 36.6 Å². The van der Waals surface area contributed by atoms with Crippen LogP contribution in [0.2, 0.25) is 0 Å². The van der Waals surface area contributed by atoms with E-state index in [1.54, 1.807) is 27.3 Å². The Balaban J connectivity index is 1.78. The van der Waals surface area contributed by atoms with Crippen LogP contribution in [0.15, 0.2) is 71.9 Å². The third kappa shape index (κ3) is 4.43. The van der Waals surface area contributed by atoms with Crippen molar-refractivity contribution < 1.29 is 13.2 Å². The van der Waals surface area contributed by atoms with E-state index in [0.29, 0.717) is 10.0 Å². The van der Waals surface area contributed by atoms with E-state index in [4.69, 9.17) is 0 Å². The van der Waals surface area contributed by atoms with Gasteiger partial charge >= 0.3 is 6.18 Å². The molecule has 2 aromatic heterocycles. The molecular formula is C20H14AlF3N3S2. The molecule has 0 spiro atoms. The molecule has 1 radical (unpaired) electrons. The van der Waals surface area contributed by atoms with Crippen molar-refractivity contribution in [1.82, 2.24) is 14.8 Å². The zero-order chi connectivity index (χ0) is 20.4. The smallest absolute Gasteiger partial charge is 0.229 e. The molecule has 145 valence electrons. The first-order valence-electron chi connectivity index (χ1n) is 8.64. The highest BCUT2D eigenvalue weighted by atomic mass is 32.3. The van der Waals surface area contributed by atoms with Gasteiger partial charge in [-0.05, 0) is 5.56 Å². The first-order valence-corrected chi connectivity index (χ1v) is 12.2. The summed E-state index contributed by atoms with van der Waals surface area (Å²) >= 11 is 2.97. The van der Waals surface area contributed by atoms with E-state index in [1.807, 2.05) is 48.5 Å². The third-order valence-electron chi connectivity index (χ3n) is 4.26. The van der Waals surface area contributed by atoms with Gasteiger partial charge in [0, 0.05) is 18.2 Å². The van der Waals surface area contributed by atoms with Crippen molar-refractivity contribution in [2.24, 2.45) is 0 Å². The van der Waals surface area contributed by atoms with E-state index in [1.165, 1.54) is 26.1 Å². The standard InChI is InChI=1S/C20H14F3N3S2.Al.H/c21-20(22,23)15-12-26(25-16(15)11-13-7-3-1-4-8-13)19-17(27)24-18(28-19)14-9-5-2-6-10-14;;/h1-10,12,27H,11H2;;/q;+1;/p-1. The molecule has 0 N–H and O–H groups in total. The zero-order valence-electron chi connectivity index (χ0n) is 15.1. The normalized spacial score (nSPS) is 11.7. The Morgan fingerprint density at radius 3 is 2.28 bits per heavy atom. The number of hydrogen-bond acceptors (Lipinski definition) is 4. The molecule has 4 aromatic rings. The minimum Gasteiger partial charge on any atom is -0.229 e. The molecule has 0 amide bonds. The minimum atomic E-state index is -4.48. The second kappa shape index (κ2) is 8.36. The third-order valence-corrected chi connectivity index (χ3v) is 6.86. The number of hydrogen-bond donors (Lipinski definition) is 0. The van der Waals surface area contributed by atoms with Gasteiger partial charge < -0.3 is 0 Å². The maximum atomic E-state index is 13.7. The Bertz CT molecular complexity index is 1110. The topological polar surface area (TPSA) is 30.7 Å². The number of aromatic nitrogens is 3. The summed E-state index contributed by atoms with van der Waals surface area (Å²) < 4.78 is 42.3. The van der Waals surface area contributed by atoms with Gasteiger partial charge in [0.15, 0.2) is 0 Å². The SMILES string of the molecule is FC(F)(F)c1cn(-c2sc(-c3ccccc3)nc2[S][AlH])nc1Cc1ccccc1. The summed E-state index contributed by atoms with van der Waals surface area (Å²) in [5.41, 5.74) is 0.998. The monoisotopic (exact) mass is 444 g/mol. The van der Waals surface area contributed by atoms with Gasteiger partial charge in [-0.15, -0.1) is 0 Å². The molecule has 3 nitrogen and oxygen atoms in total. The van der Waals surface area contributed by atoms with E-state index >= 15 is 0 Å². The number of alkyl halides is 3. The first-order chi connectivity index (χ1) is 14.0. The van der Waals surface area contributed by atoms with Gasteiger partial charge in [0.1, 0.15) is 15.0 Å². The van der Waals surface area contributed by atoms with Crippen LogP contribution in [0, 0.1) is 0 Å². The quantitative estimate of drug-likeness (QED) is 0.380. The van der Waals surface area contributed by atoms with Crippen LogP contribution >= 0.6 is 21.5 Å². The fraction of sp³-hybridized carbons (Fsp3) is 0.100. The molecule has 0 bridgehead atoms. The predicted molar refractivity (Wildman–Crippen MR) is 112 cm³/mol. The van der Waals surface area contributed by atoms with Gasteiger partial charge in [0.2, 0.25) is 0 Å². The maximum Gasteiger partial charge on any atom is 0.419 e. The van der Waals surface area contributed by atoms with Crippen LogP contribution in [-0.4, -0.2) is 29.9 Å². The largest absolute Gasteiger partial charge is 0.419 e. The van der Waals surface area contributed by atoms with Crippen LogP contribution < -0.4 is 0 Å². The van der Waals surface area contributed by atoms with Gasteiger partial charge in [-0.3, -0.25) is 0 Å². The highest BCUT2D eigenvalue weighted by Crippen LogP contribution is 2.38. The summed E-state index contributed by atoms with van der Waals surface area (Å²) in [5.74, 6) is 0. The molecule has 0 aliphatic rings. The average Bonchev–Trinajstić information content (AvgIpc) is 3.33. The molecular weight excluding hydrogens is 430 g/mol. The lowest BCUT2D eigenvalue weighted by molar-refractivity contribution is -0.138. The molecule has 29 heavy (non-hydrogen) atoms. The zero-order valence-corrected chi connectivity index (χ0v) is 18.1. The van der Waals surface area contributed by atoms with Gasteiger partial charge in [-0.1, -0.05) is 72.0 Å². The van der Waals surface area contributed by atoms with Crippen molar-refractivity contribution in [3.05, 3.63) is 83.7 Å². The molecule has 0 aliphatic carbocycles. The number of nitrogens with zero attached hydrogens (tertiary/aromatic N) is 3. The van der Waals surface area contributed by atoms with Gasteiger partial charge in [-0.2, -0.15) is 18.3 Å². The van der Waals surface area contributed by atoms with Crippen molar-refractivity contribution in [2.45, 2.75) is 17.6 Å². The number of benzene rings is 2. The van der Waals surface area contributed by atoms with Gasteiger partial charge in [0.05, 0.1) is 11.3 Å². The summed E-state index contributed by atoms with van der Waals surface area (Å²) in [5, 5.41) is 6.32. The predicted octanol–water partition coefficient (Wildman–Crippen LogP) is 5.51. The Labute approximate surface area is 181 Å². The lowest BCUT2D eigenvalue weighted by Crippen LogP contribution is -2.07. The molecule has 0 saturated heterocycles. The van der Waals surface area contributed by atoms with Gasteiger partial charge in [0.25, 0.3) is 15.2 Å². The summed E-state index contributed by atoms with van der Waals surface area (Å²) in [6.07, 6.45) is -3.29. The van der Waals surface area contributed by atoms with Crippen molar-refractivity contribution in [2.75, 3.05) is 0 Å². The first kappa shape index (κ1) is 20.2. The lowest BCUT2D eigenvalue weighted by atomic mass is 10.1. The highest BCUT2D eigenvalue weighted by Gasteiger charge is 2.36. The van der Waals surface area contributed by atoms with Crippen LogP contribution in [0.5, 0.6) is 0 Å². The number of rotatable bonds is 5. The fourth-order valence-corrected chi connectivity index (χ4v) is 5.46. The van der Waals surface area contributed by atoms with Crippen LogP contribution in [0.3, 0.4) is 0 Å². The fourth-order valence-electron chi connectivity index (χ4n) is 2.91. The molecule has 0 unspecified atom stereocenters. The van der Waals surface area contributed by atoms with E-state index < -0.39 is 11.7 Å². The molecule has 9 heteroatoms. The second-order valence-electron chi connectivity index (χ2n) is 6.23. The summed E-state index contributed by atoms with van der Waals surface area (Å²) in [6, 6.07) is 18.6. The van der Waals surface area contributed by atoms with Crippen LogP contribution in [0.25, 0.3) is 15.6 Å². The Hall–Kier alpha value is -2.05. The van der Waals surface area contributed by atoms with E-state index in [0.717, 1.165) is 22.3 Å². The molecule has 0 fully saturated rings. The Morgan fingerprint density at radius 1 is 1.00 bits per heavy atom. The van der Waals surface area contributed by atoms with Crippen LogP contribution in [-0.2, 0) is 12.6 Å². The minimum absolute atomic E-state index is 0.00728. The molecule has 2 heterocycles. The second-order valence-corrected chi connectivity index (χ2v) is 8.75. The summed E-state index contributed by atoms with van der Waals surface area (Å²) in [6.45, 7) is 0. The number of thiazole rings is 1. The van der Waals surface area contributed by atoms with E-state index in [9.17, 15) is 13.2 Å². The van der Waals surface area contributed by atoms with Crippen molar-refractivity contribution in [1.29, 1.82) is 0 Å².